The van der Waals surface area contributed by atoms with E-state index in [0.717, 1.165) is 22.1 Å². The molecule has 0 spiro atoms. The number of rotatable bonds is 2. The first-order valence-corrected chi connectivity index (χ1v) is 6.22. The summed E-state index contributed by atoms with van der Waals surface area (Å²) >= 11 is 0. The number of phenolic OH excluding ortho intramolecular Hbond substituents is 1. The zero-order valence-corrected chi connectivity index (χ0v) is 10.7. The van der Waals surface area contributed by atoms with Crippen LogP contribution in [0.1, 0.15) is 0 Å². The second-order valence-corrected chi connectivity index (χ2v) is 4.44. The minimum atomic E-state index is 0.170. The van der Waals surface area contributed by atoms with Gasteiger partial charge in [-0.05, 0) is 24.3 Å². The largest absolute Gasteiger partial charge is 0.508 e. The van der Waals surface area contributed by atoms with Gasteiger partial charge in [-0.15, -0.1) is 5.11 Å². The number of nitrogens with zero attached hydrogens (tertiary/aromatic N) is 2. The van der Waals surface area contributed by atoms with Gasteiger partial charge >= 0.3 is 0 Å². The summed E-state index contributed by atoms with van der Waals surface area (Å²) < 4.78 is 0. The van der Waals surface area contributed by atoms with Gasteiger partial charge < -0.3 is 10.8 Å². The number of nitrogens with two attached hydrogens (primary N) is 1. The SMILES string of the molecule is Nc1ccc(/N=N/c2cccc(O)c2)c2ccccc12. The van der Waals surface area contributed by atoms with E-state index >= 15 is 0 Å². The smallest absolute Gasteiger partial charge is 0.117 e. The average Bonchev–Trinajstić information content (AvgIpc) is 2.47. The van der Waals surface area contributed by atoms with E-state index in [1.165, 1.54) is 0 Å². The lowest BCUT2D eigenvalue weighted by atomic mass is 10.1. The Morgan fingerprint density at radius 3 is 2.40 bits per heavy atom. The molecule has 0 bridgehead atoms. The fourth-order valence-corrected chi connectivity index (χ4v) is 2.06. The summed E-state index contributed by atoms with van der Waals surface area (Å²) in [6.07, 6.45) is 0. The maximum absolute atomic E-state index is 9.40. The zero-order valence-electron chi connectivity index (χ0n) is 10.7. The number of phenols is 1. The van der Waals surface area contributed by atoms with Crippen LogP contribution in [-0.4, -0.2) is 5.11 Å². The predicted molar refractivity (Wildman–Crippen MR) is 80.6 cm³/mol. The van der Waals surface area contributed by atoms with Crippen molar-refractivity contribution in [3.8, 4) is 5.75 Å². The van der Waals surface area contributed by atoms with Gasteiger partial charge in [-0.25, -0.2) is 0 Å². The van der Waals surface area contributed by atoms with Crippen molar-refractivity contribution in [2.75, 3.05) is 5.73 Å². The third-order valence-corrected chi connectivity index (χ3v) is 3.04. The van der Waals surface area contributed by atoms with E-state index in [9.17, 15) is 5.11 Å². The summed E-state index contributed by atoms with van der Waals surface area (Å²) in [5, 5.41) is 19.7. The van der Waals surface area contributed by atoms with Crippen LogP contribution in [-0.2, 0) is 0 Å². The second kappa shape index (κ2) is 5.01. The van der Waals surface area contributed by atoms with E-state index in [-0.39, 0.29) is 5.75 Å². The van der Waals surface area contributed by atoms with E-state index in [2.05, 4.69) is 10.2 Å². The van der Waals surface area contributed by atoms with Crippen molar-refractivity contribution in [1.82, 2.24) is 0 Å². The molecule has 0 saturated heterocycles. The van der Waals surface area contributed by atoms with Crippen LogP contribution in [0, 0.1) is 0 Å². The number of benzene rings is 3. The van der Waals surface area contributed by atoms with Crippen molar-refractivity contribution in [2.24, 2.45) is 10.2 Å². The summed E-state index contributed by atoms with van der Waals surface area (Å²) in [6, 6.07) is 18.1. The highest BCUT2D eigenvalue weighted by molar-refractivity contribution is 5.99. The standard InChI is InChI=1S/C16H13N3O/c17-15-8-9-16(14-7-2-1-6-13(14)15)19-18-11-4-3-5-12(20)10-11/h1-10,20H,17H2/b19-18+. The monoisotopic (exact) mass is 263 g/mol. The van der Waals surface area contributed by atoms with Gasteiger partial charge in [0.1, 0.15) is 5.75 Å². The molecule has 0 radical (unpaired) electrons. The van der Waals surface area contributed by atoms with Gasteiger partial charge in [0.2, 0.25) is 0 Å². The topological polar surface area (TPSA) is 71.0 Å². The molecule has 0 aliphatic carbocycles. The molecule has 4 heteroatoms. The Hall–Kier alpha value is -2.88. The normalized spacial score (nSPS) is 11.2. The van der Waals surface area contributed by atoms with Gasteiger partial charge in [-0.1, -0.05) is 30.3 Å². The van der Waals surface area contributed by atoms with E-state index in [4.69, 9.17) is 5.73 Å². The van der Waals surface area contributed by atoms with Crippen LogP contribution in [0.2, 0.25) is 0 Å². The predicted octanol–water partition coefficient (Wildman–Crippen LogP) is 4.54. The molecule has 0 unspecified atom stereocenters. The van der Waals surface area contributed by atoms with E-state index in [1.807, 2.05) is 36.4 Å². The highest BCUT2D eigenvalue weighted by Gasteiger charge is 2.02. The quantitative estimate of drug-likeness (QED) is 0.526. The molecule has 98 valence electrons. The highest BCUT2D eigenvalue weighted by atomic mass is 16.3. The average molecular weight is 263 g/mol. The maximum atomic E-state index is 9.40. The molecule has 0 aromatic heterocycles. The van der Waals surface area contributed by atoms with Crippen molar-refractivity contribution in [2.45, 2.75) is 0 Å². The number of hydrogen-bond acceptors (Lipinski definition) is 4. The summed E-state index contributed by atoms with van der Waals surface area (Å²) in [5.41, 5.74) is 8.02. The molecule has 0 amide bonds. The summed E-state index contributed by atoms with van der Waals surface area (Å²) in [6.45, 7) is 0. The minimum Gasteiger partial charge on any atom is -0.508 e. The number of fused-ring (bicyclic) bond motifs is 1. The molecular formula is C16H13N3O. The van der Waals surface area contributed by atoms with Crippen molar-refractivity contribution in [3.05, 3.63) is 60.7 Å². The Bertz CT molecular complexity index is 797. The van der Waals surface area contributed by atoms with Crippen molar-refractivity contribution in [3.63, 3.8) is 0 Å². The first kappa shape index (κ1) is 12.2. The van der Waals surface area contributed by atoms with Crippen LogP contribution in [0.3, 0.4) is 0 Å². The Labute approximate surface area is 116 Å². The lowest BCUT2D eigenvalue weighted by Crippen LogP contribution is -1.86. The molecule has 3 rings (SSSR count). The molecular weight excluding hydrogens is 250 g/mol. The van der Waals surface area contributed by atoms with Gasteiger partial charge in [0.25, 0.3) is 0 Å². The van der Waals surface area contributed by atoms with Crippen LogP contribution in [0.25, 0.3) is 10.8 Å². The lowest BCUT2D eigenvalue weighted by molar-refractivity contribution is 0.475. The maximum Gasteiger partial charge on any atom is 0.117 e. The van der Waals surface area contributed by atoms with E-state index in [0.29, 0.717) is 5.69 Å². The third kappa shape index (κ3) is 2.31. The number of aromatic hydroxyl groups is 1. The molecule has 0 fully saturated rings. The fraction of sp³-hybridized carbons (Fsp3) is 0. The Morgan fingerprint density at radius 1 is 0.800 bits per heavy atom. The molecule has 0 heterocycles. The van der Waals surface area contributed by atoms with Crippen molar-refractivity contribution >= 4 is 27.8 Å². The molecule has 3 N–H and O–H groups in total. The summed E-state index contributed by atoms with van der Waals surface area (Å²) in [4.78, 5) is 0. The van der Waals surface area contributed by atoms with Gasteiger partial charge in [0, 0.05) is 22.5 Å². The van der Waals surface area contributed by atoms with Crippen molar-refractivity contribution in [1.29, 1.82) is 0 Å². The van der Waals surface area contributed by atoms with E-state index in [1.54, 1.807) is 24.3 Å². The first-order chi connectivity index (χ1) is 9.74. The highest BCUT2D eigenvalue weighted by Crippen LogP contribution is 2.31. The molecule has 0 saturated carbocycles. The van der Waals surface area contributed by atoms with Crippen LogP contribution < -0.4 is 5.73 Å². The summed E-state index contributed by atoms with van der Waals surface area (Å²) in [7, 11) is 0. The van der Waals surface area contributed by atoms with Gasteiger partial charge in [0.05, 0.1) is 11.4 Å². The minimum absolute atomic E-state index is 0.170. The summed E-state index contributed by atoms with van der Waals surface area (Å²) in [5.74, 6) is 0.170. The number of anilines is 1. The molecule has 20 heavy (non-hydrogen) atoms. The molecule has 4 nitrogen and oxygen atoms in total. The van der Waals surface area contributed by atoms with Crippen LogP contribution in [0.4, 0.5) is 17.1 Å². The number of azo groups is 1. The van der Waals surface area contributed by atoms with Crippen LogP contribution in [0.15, 0.2) is 70.9 Å². The molecule has 0 aliphatic heterocycles. The first-order valence-electron chi connectivity index (χ1n) is 6.22. The van der Waals surface area contributed by atoms with Crippen LogP contribution in [0.5, 0.6) is 5.75 Å². The van der Waals surface area contributed by atoms with Gasteiger partial charge in [0.15, 0.2) is 0 Å². The second-order valence-electron chi connectivity index (χ2n) is 4.44. The Kier molecular flexibility index (Phi) is 3.05. The molecule has 3 aromatic rings. The third-order valence-electron chi connectivity index (χ3n) is 3.04. The zero-order chi connectivity index (χ0) is 13.9. The van der Waals surface area contributed by atoms with Crippen molar-refractivity contribution < 1.29 is 5.11 Å². The lowest BCUT2D eigenvalue weighted by Gasteiger charge is -2.04. The Morgan fingerprint density at radius 2 is 1.60 bits per heavy atom. The van der Waals surface area contributed by atoms with E-state index < -0.39 is 0 Å². The van der Waals surface area contributed by atoms with Gasteiger partial charge in [-0.2, -0.15) is 5.11 Å². The number of nitrogen functional groups attached to an aromatic ring is 1. The molecule has 3 aromatic carbocycles. The molecule has 0 atom stereocenters. The molecule has 0 aliphatic rings. The van der Waals surface area contributed by atoms with Gasteiger partial charge in [-0.3, -0.25) is 0 Å². The Balaban J connectivity index is 2.05. The number of hydrogen-bond donors (Lipinski definition) is 2. The fourth-order valence-electron chi connectivity index (χ4n) is 2.06. The van der Waals surface area contributed by atoms with Crippen LogP contribution >= 0.6 is 0 Å².